The van der Waals surface area contributed by atoms with Crippen LogP contribution in [0.1, 0.15) is 19.8 Å². The molecule has 0 bridgehead atoms. The van der Waals surface area contributed by atoms with Crippen LogP contribution >= 0.6 is 0 Å². The van der Waals surface area contributed by atoms with Crippen LogP contribution in [0.2, 0.25) is 0 Å². The van der Waals surface area contributed by atoms with Gasteiger partial charge in [-0.1, -0.05) is 6.92 Å². The molecule has 2 aliphatic heterocycles. The third-order valence-corrected chi connectivity index (χ3v) is 3.80. The quantitative estimate of drug-likeness (QED) is 0.674. The normalized spacial score (nSPS) is 56.5. The van der Waals surface area contributed by atoms with Gasteiger partial charge in [0.05, 0.1) is 17.6 Å². The van der Waals surface area contributed by atoms with E-state index in [4.69, 9.17) is 22.1 Å². The fourth-order valence-corrected chi connectivity index (χ4v) is 3.10. The second-order valence-corrected chi connectivity index (χ2v) is 4.39. The van der Waals surface area contributed by atoms with Gasteiger partial charge in [-0.05, 0) is 6.42 Å². The third kappa shape index (κ3) is 1.44. The molecule has 2 unspecified atom stereocenters. The molecule has 3 rings (SSSR count). The van der Waals surface area contributed by atoms with Crippen LogP contribution in [-0.4, -0.2) is 43.2 Å². The van der Waals surface area contributed by atoms with Crippen LogP contribution in [0.15, 0.2) is 0 Å². The minimum absolute atomic E-state index is 0. The topological polar surface area (TPSA) is 47.9 Å². The Bertz CT molecular complexity index is 279. The van der Waals surface area contributed by atoms with Crippen molar-refractivity contribution in [1.29, 1.82) is 0 Å². The third-order valence-electron chi connectivity index (χ3n) is 3.80. The number of hydrogen-bond acceptors (Lipinski definition) is 4. The van der Waals surface area contributed by atoms with Gasteiger partial charge in [0.1, 0.15) is 7.85 Å². The molecule has 3 radical (unpaired) electrons. The first kappa shape index (κ1) is 12.5. The van der Waals surface area contributed by atoms with Crippen molar-refractivity contribution >= 4 is 7.85 Å². The van der Waals surface area contributed by atoms with Gasteiger partial charge in [-0.25, -0.2) is 0 Å². The summed E-state index contributed by atoms with van der Waals surface area (Å²) in [5.74, 6) is -1.18. The molecule has 0 aromatic rings. The molecular weight excluding hydrogens is 272 g/mol. The fraction of sp³-hybridized carbons (Fsp3) is 1.00. The van der Waals surface area contributed by atoms with Gasteiger partial charge in [-0.3, -0.25) is 0 Å². The first-order valence-electron chi connectivity index (χ1n) is 5.03. The molecule has 2 saturated heterocycles. The minimum Gasteiger partial charge on any atom is -0.378 e. The summed E-state index contributed by atoms with van der Waals surface area (Å²) in [6.45, 7) is 2.14. The summed E-state index contributed by atoms with van der Waals surface area (Å²) in [5, 5.41) is 10.1. The fourth-order valence-electron chi connectivity index (χ4n) is 3.10. The molecule has 79 valence electrons. The van der Waals surface area contributed by atoms with E-state index in [0.29, 0.717) is 6.42 Å². The molecule has 4 nitrogen and oxygen atoms in total. The van der Waals surface area contributed by atoms with E-state index < -0.39 is 11.8 Å². The van der Waals surface area contributed by atoms with Gasteiger partial charge in [-0.2, -0.15) is 0 Å². The zero-order valence-corrected chi connectivity index (χ0v) is 11.5. The van der Waals surface area contributed by atoms with Crippen molar-refractivity contribution in [2.45, 2.75) is 43.3 Å². The zero-order valence-electron chi connectivity index (χ0n) is 8.68. The second-order valence-electron chi connectivity index (χ2n) is 4.39. The Balaban J connectivity index is 0.000000853. The van der Waals surface area contributed by atoms with E-state index in [2.05, 4.69) is 0 Å². The summed E-state index contributed by atoms with van der Waals surface area (Å²) in [7, 11) is 5.81. The van der Waals surface area contributed by atoms with Crippen molar-refractivity contribution in [1.82, 2.24) is 0 Å². The molecule has 0 aromatic carbocycles. The largest absolute Gasteiger partial charge is 0.378 e. The van der Waals surface area contributed by atoms with Crippen LogP contribution in [0.4, 0.5) is 0 Å². The number of ether oxygens (including phenoxy) is 3. The summed E-state index contributed by atoms with van der Waals surface area (Å²) >= 11 is 0. The Morgan fingerprint density at radius 3 is 2.93 bits per heavy atom. The standard InChI is InChI=1S/C9H13BO4.Y/c1-2-8-3-9(11)6(8)5(7(10)14-8)12-4-13-9;/h5-7,11H,2-4H2,1H3;/t5-,6?,7+,8-,9?;/m0./s1. The van der Waals surface area contributed by atoms with Gasteiger partial charge in [0.15, 0.2) is 12.6 Å². The Morgan fingerprint density at radius 2 is 2.27 bits per heavy atom. The monoisotopic (exact) mass is 285 g/mol. The van der Waals surface area contributed by atoms with E-state index in [1.165, 1.54) is 0 Å². The smallest absolute Gasteiger partial charge is 0.179 e. The molecule has 1 N–H and O–H groups in total. The maximum atomic E-state index is 10.1. The maximum Gasteiger partial charge on any atom is 0.179 e. The summed E-state index contributed by atoms with van der Waals surface area (Å²) < 4.78 is 16.3. The van der Waals surface area contributed by atoms with Crippen molar-refractivity contribution in [3.63, 3.8) is 0 Å². The van der Waals surface area contributed by atoms with Gasteiger partial charge >= 0.3 is 0 Å². The summed E-state index contributed by atoms with van der Waals surface area (Å²) in [5.41, 5.74) is -0.320. The predicted octanol–water partition coefficient (Wildman–Crippen LogP) is -0.261. The molecule has 0 aromatic heterocycles. The summed E-state index contributed by atoms with van der Waals surface area (Å²) in [6, 6.07) is -0.433. The van der Waals surface area contributed by atoms with Crippen LogP contribution < -0.4 is 0 Å². The molecule has 6 heteroatoms. The van der Waals surface area contributed by atoms with Crippen LogP contribution in [0.25, 0.3) is 0 Å². The molecule has 2 heterocycles. The number of rotatable bonds is 1. The van der Waals surface area contributed by atoms with Gasteiger partial charge in [-0.15, -0.1) is 0 Å². The Kier molecular flexibility index (Phi) is 3.12. The van der Waals surface area contributed by atoms with Crippen molar-refractivity contribution in [3.8, 4) is 0 Å². The van der Waals surface area contributed by atoms with Gasteiger partial charge < -0.3 is 19.3 Å². The Morgan fingerprint density at radius 1 is 1.53 bits per heavy atom. The molecule has 0 amide bonds. The zero-order chi connectivity index (χ0) is 9.97. The summed E-state index contributed by atoms with van der Waals surface area (Å²) in [6.07, 6.45) is 1.12. The van der Waals surface area contributed by atoms with Crippen LogP contribution in [-0.2, 0) is 46.9 Å². The molecule has 1 aliphatic carbocycles. The van der Waals surface area contributed by atoms with E-state index in [9.17, 15) is 5.11 Å². The van der Waals surface area contributed by atoms with Crippen molar-refractivity contribution < 1.29 is 52.0 Å². The van der Waals surface area contributed by atoms with E-state index >= 15 is 0 Å². The Labute approximate surface area is 115 Å². The number of hydrogen-bond donors (Lipinski definition) is 1. The van der Waals surface area contributed by atoms with E-state index in [1.807, 2.05) is 6.92 Å². The van der Waals surface area contributed by atoms with Crippen molar-refractivity contribution in [3.05, 3.63) is 0 Å². The first-order chi connectivity index (χ1) is 6.61. The molecule has 3 fully saturated rings. The molecule has 1 saturated carbocycles. The molecule has 15 heavy (non-hydrogen) atoms. The summed E-state index contributed by atoms with van der Waals surface area (Å²) in [4.78, 5) is 0. The van der Waals surface area contributed by atoms with Crippen LogP contribution in [0.5, 0.6) is 0 Å². The second kappa shape index (κ2) is 3.75. The average molecular weight is 285 g/mol. The molecule has 3 aliphatic rings. The number of aliphatic hydroxyl groups is 1. The van der Waals surface area contributed by atoms with E-state index in [1.54, 1.807) is 0 Å². The van der Waals surface area contributed by atoms with Gasteiger partial charge in [0.25, 0.3) is 0 Å². The van der Waals surface area contributed by atoms with E-state index in [-0.39, 0.29) is 57.1 Å². The van der Waals surface area contributed by atoms with Crippen LogP contribution in [0, 0.1) is 5.92 Å². The van der Waals surface area contributed by atoms with Gasteiger partial charge in [0, 0.05) is 45.1 Å². The van der Waals surface area contributed by atoms with Crippen LogP contribution in [0.3, 0.4) is 0 Å². The SMILES string of the molecule is [B][C@@H]1O[C@@]2(CC)CC3(O)OCO[C@H]1C32.[Y]. The van der Waals surface area contributed by atoms with Gasteiger partial charge in [0.2, 0.25) is 0 Å². The molecular formula is C9H13BO4Y. The average Bonchev–Trinajstić information content (AvgIpc) is 2.39. The van der Waals surface area contributed by atoms with E-state index in [0.717, 1.165) is 6.42 Å². The Hall–Kier alpha value is 1.01. The maximum absolute atomic E-state index is 10.1. The first-order valence-corrected chi connectivity index (χ1v) is 5.03. The minimum atomic E-state index is -1.06. The molecule has 0 spiro atoms. The van der Waals surface area contributed by atoms with Crippen molar-refractivity contribution in [2.75, 3.05) is 6.79 Å². The van der Waals surface area contributed by atoms with Crippen molar-refractivity contribution in [2.24, 2.45) is 5.92 Å². The molecule has 5 atom stereocenters. The predicted molar refractivity (Wildman–Crippen MR) is 47.5 cm³/mol.